The number of unbranched alkanes of at least 4 members (excludes halogenated alkanes) is 1. The third-order valence-electron chi connectivity index (χ3n) is 2.90. The molecule has 0 aliphatic heterocycles. The third-order valence-corrected chi connectivity index (χ3v) is 3.77. The normalized spacial score (nSPS) is 14.5. The summed E-state index contributed by atoms with van der Waals surface area (Å²) in [6.07, 6.45) is -9.72. The van der Waals surface area contributed by atoms with Crippen LogP contribution in [0.2, 0.25) is 0 Å². The molecule has 0 bridgehead atoms. The van der Waals surface area contributed by atoms with E-state index in [-0.39, 0.29) is 0 Å². The van der Waals surface area contributed by atoms with Crippen molar-refractivity contribution in [2.45, 2.75) is 50.1 Å². The molecule has 0 saturated heterocycles. The average Bonchev–Trinajstić information content (AvgIpc) is 2.88. The second-order valence-corrected chi connectivity index (χ2v) is 6.51. The van der Waals surface area contributed by atoms with Gasteiger partial charge in [-0.3, -0.25) is 4.74 Å². The summed E-state index contributed by atoms with van der Waals surface area (Å²) < 4.78 is 128. The third kappa shape index (κ3) is 7.21. The average molecular weight is 436 g/mol. The van der Waals surface area contributed by atoms with Crippen molar-refractivity contribution in [3.63, 3.8) is 0 Å². The van der Waals surface area contributed by atoms with Gasteiger partial charge in [0.2, 0.25) is 0 Å². The molecule has 0 fully saturated rings. The zero-order valence-corrected chi connectivity index (χ0v) is 14.7. The lowest BCUT2D eigenvalue weighted by molar-refractivity contribution is -0.677. The summed E-state index contributed by atoms with van der Waals surface area (Å²) >= 11 is 0. The maximum atomic E-state index is 12.2. The molecular formula is C12H16F8N2O4S. The number of aromatic amines is 1. The Morgan fingerprint density at radius 3 is 2.07 bits per heavy atom. The second kappa shape index (κ2) is 9.14. The number of aryl methyl sites for hydroxylation is 2. The van der Waals surface area contributed by atoms with Gasteiger partial charge in [0.05, 0.1) is 7.05 Å². The van der Waals surface area contributed by atoms with E-state index >= 15 is 0 Å². The molecule has 0 radical (unpaired) electrons. The molecule has 1 rings (SSSR count). The smallest absolute Gasteiger partial charge is 0.445 e. The Morgan fingerprint density at radius 2 is 1.74 bits per heavy atom. The molecule has 0 aliphatic rings. The van der Waals surface area contributed by atoms with E-state index in [2.05, 4.69) is 23.5 Å². The van der Waals surface area contributed by atoms with Crippen LogP contribution in [-0.4, -0.2) is 41.9 Å². The first-order valence-corrected chi connectivity index (χ1v) is 8.49. The van der Waals surface area contributed by atoms with E-state index in [1.165, 1.54) is 25.1 Å². The molecule has 6 nitrogen and oxygen atoms in total. The van der Waals surface area contributed by atoms with E-state index in [1.54, 1.807) is 0 Å². The number of hydrogen-bond donors (Lipinski definition) is 1. The highest BCUT2D eigenvalue weighted by atomic mass is 32.2. The fourth-order valence-electron chi connectivity index (χ4n) is 1.44. The summed E-state index contributed by atoms with van der Waals surface area (Å²) in [7, 11) is -4.97. The maximum Gasteiger partial charge on any atom is 0.445 e. The molecule has 1 heterocycles. The van der Waals surface area contributed by atoms with Crippen LogP contribution in [-0.2, 0) is 28.3 Å². The number of rotatable bonds is 7. The molecule has 1 unspecified atom stereocenters. The monoisotopic (exact) mass is 436 g/mol. The van der Waals surface area contributed by atoms with Crippen molar-refractivity contribution in [1.82, 2.24) is 4.98 Å². The predicted octanol–water partition coefficient (Wildman–Crippen LogP) is 2.77. The van der Waals surface area contributed by atoms with E-state index in [0.717, 1.165) is 0 Å². The number of H-pyrrole nitrogens is 1. The molecular weight excluding hydrogens is 420 g/mol. The number of hydrogen-bond acceptors (Lipinski definition) is 4. The highest BCUT2D eigenvalue weighted by Gasteiger charge is 2.66. The Balaban J connectivity index is 0.000000569. The van der Waals surface area contributed by atoms with Gasteiger partial charge in [0.25, 0.3) is 12.2 Å². The van der Waals surface area contributed by atoms with Crippen LogP contribution in [0.25, 0.3) is 0 Å². The van der Waals surface area contributed by atoms with Crippen LogP contribution in [0.4, 0.5) is 35.1 Å². The minimum absolute atomic E-state index is 1.17. The van der Waals surface area contributed by atoms with E-state index in [0.29, 0.717) is 0 Å². The molecule has 0 spiro atoms. The molecule has 1 atom stereocenters. The minimum Gasteiger partial charge on any atom is -0.743 e. The number of nitrogens with zero attached hydrogens (tertiary/aromatic N) is 1. The summed E-state index contributed by atoms with van der Waals surface area (Å²) in [4.78, 5) is 3.20. The van der Waals surface area contributed by atoms with E-state index in [1.807, 2.05) is 17.1 Å². The van der Waals surface area contributed by atoms with Crippen molar-refractivity contribution >= 4 is 10.1 Å². The number of aromatic nitrogens is 2. The van der Waals surface area contributed by atoms with Crippen LogP contribution in [0.3, 0.4) is 0 Å². The van der Waals surface area contributed by atoms with Crippen molar-refractivity contribution in [2.75, 3.05) is 0 Å². The first kappa shape index (κ1) is 25.5. The lowest BCUT2D eigenvalue weighted by Gasteiger charge is -2.29. The fraction of sp³-hybridized carbons (Fsp3) is 0.750. The van der Waals surface area contributed by atoms with Crippen LogP contribution in [0.1, 0.15) is 25.6 Å². The molecule has 0 aliphatic carbocycles. The highest BCUT2D eigenvalue weighted by molar-refractivity contribution is 7.86. The lowest BCUT2D eigenvalue weighted by atomic mass is 10.2. The number of ether oxygens (including phenoxy) is 1. The van der Waals surface area contributed by atoms with E-state index in [4.69, 9.17) is 0 Å². The summed E-state index contributed by atoms with van der Waals surface area (Å²) in [5.74, 6) is 1.32. The van der Waals surface area contributed by atoms with Crippen molar-refractivity contribution in [1.29, 1.82) is 0 Å². The van der Waals surface area contributed by atoms with Gasteiger partial charge in [-0.1, -0.05) is 13.3 Å². The summed E-state index contributed by atoms with van der Waals surface area (Å²) in [6, 6.07) is 0. The van der Waals surface area contributed by atoms with Gasteiger partial charge < -0.3 is 4.55 Å². The van der Waals surface area contributed by atoms with E-state index < -0.39 is 34.0 Å². The van der Waals surface area contributed by atoms with Crippen LogP contribution in [0, 0.1) is 0 Å². The molecule has 0 saturated carbocycles. The maximum absolute atomic E-state index is 12.2. The zero-order valence-electron chi connectivity index (χ0n) is 13.9. The largest absolute Gasteiger partial charge is 0.743 e. The van der Waals surface area contributed by atoms with Gasteiger partial charge in [0, 0.05) is 6.42 Å². The number of nitrogens with one attached hydrogen (secondary N) is 1. The second-order valence-electron chi connectivity index (χ2n) is 5.08. The molecule has 15 heteroatoms. The Bertz CT molecular complexity index is 690. The van der Waals surface area contributed by atoms with Gasteiger partial charge in [0.1, 0.15) is 12.4 Å². The Hall–Kier alpha value is -1.48. The highest BCUT2D eigenvalue weighted by Crippen LogP contribution is 2.42. The lowest BCUT2D eigenvalue weighted by Crippen LogP contribution is -2.51. The number of imidazole rings is 1. The number of alkyl halides is 8. The minimum atomic E-state index is -7.04. The summed E-state index contributed by atoms with van der Waals surface area (Å²) in [6.45, 7) is 2.21. The summed E-state index contributed by atoms with van der Waals surface area (Å²) in [5.41, 5.74) is 0. The van der Waals surface area contributed by atoms with Gasteiger partial charge in [0.15, 0.2) is 10.1 Å². The Labute approximate surface area is 148 Å². The quantitative estimate of drug-likeness (QED) is 0.405. The standard InChI is InChI=1S/C8H14N2.C4H2F8O4S/c1-3-4-5-8-9-6-7-10(8)2;5-1(2(6,7)8)16-3(9,10)4(11,12)17(13,14)15/h6-7H,3-5H2,1-2H3;1H,(H,13,14,15). The molecule has 1 aromatic rings. The molecule has 27 heavy (non-hydrogen) atoms. The predicted molar refractivity (Wildman–Crippen MR) is 72.2 cm³/mol. The molecule has 0 amide bonds. The van der Waals surface area contributed by atoms with Gasteiger partial charge in [-0.05, 0) is 6.42 Å². The van der Waals surface area contributed by atoms with Crippen molar-refractivity contribution in [2.24, 2.45) is 7.05 Å². The first-order valence-electron chi connectivity index (χ1n) is 7.09. The first-order chi connectivity index (χ1) is 12.0. The van der Waals surface area contributed by atoms with E-state index in [9.17, 15) is 48.1 Å². The van der Waals surface area contributed by atoms with Crippen LogP contribution in [0.15, 0.2) is 12.4 Å². The Kier molecular flexibility index (Phi) is 8.64. The van der Waals surface area contributed by atoms with Crippen LogP contribution in [0.5, 0.6) is 0 Å². The molecule has 0 aromatic carbocycles. The van der Waals surface area contributed by atoms with Gasteiger partial charge in [-0.25, -0.2) is 22.4 Å². The SMILES string of the molecule is CCCCc1[nH]cc[n+]1C.O=S(=O)([O-])C(F)(F)C(F)(F)OC(F)C(F)(F)F. The van der Waals surface area contributed by atoms with Crippen molar-refractivity contribution in [3.05, 3.63) is 18.2 Å². The number of halogens is 8. The molecule has 1 aromatic heterocycles. The van der Waals surface area contributed by atoms with Crippen molar-refractivity contribution in [3.8, 4) is 0 Å². The van der Waals surface area contributed by atoms with Crippen molar-refractivity contribution < 1.29 is 57.4 Å². The Morgan fingerprint density at radius 1 is 1.22 bits per heavy atom. The molecule has 160 valence electrons. The van der Waals surface area contributed by atoms with Gasteiger partial charge in [-0.15, -0.1) is 0 Å². The zero-order chi connectivity index (χ0) is 21.7. The van der Waals surface area contributed by atoms with Gasteiger partial charge >= 0.3 is 17.5 Å². The van der Waals surface area contributed by atoms with Crippen LogP contribution < -0.4 is 4.57 Å². The fourth-order valence-corrected chi connectivity index (χ4v) is 1.78. The summed E-state index contributed by atoms with van der Waals surface area (Å²) in [5, 5.41) is -6.55. The topological polar surface area (TPSA) is 86.1 Å². The van der Waals surface area contributed by atoms with Crippen LogP contribution >= 0.6 is 0 Å². The molecule has 1 N–H and O–H groups in total. The van der Waals surface area contributed by atoms with Gasteiger partial charge in [-0.2, -0.15) is 30.7 Å².